The molecule has 0 bridgehead atoms. The summed E-state index contributed by atoms with van der Waals surface area (Å²) in [4.78, 5) is 4.59. The van der Waals surface area contributed by atoms with E-state index in [9.17, 15) is 0 Å². The predicted octanol–water partition coefficient (Wildman–Crippen LogP) is 7.64. The molecule has 0 saturated carbocycles. The van der Waals surface area contributed by atoms with Crippen LogP contribution in [0.4, 0.5) is 33.0 Å². The first-order chi connectivity index (χ1) is 21.6. The topological polar surface area (TPSA) is 82.1 Å². The highest BCUT2D eigenvalue weighted by Gasteiger charge is 2.12. The van der Waals surface area contributed by atoms with Gasteiger partial charge in [0.05, 0.1) is 49.7 Å². The zero-order valence-corrected chi connectivity index (χ0v) is 27.8. The van der Waals surface area contributed by atoms with Crippen molar-refractivity contribution >= 4 is 55.7 Å². The highest BCUT2D eigenvalue weighted by atomic mass is 32.1. The third-order valence-corrected chi connectivity index (χ3v) is 8.65. The van der Waals surface area contributed by atoms with Crippen molar-refractivity contribution in [1.82, 2.24) is 0 Å². The maximum absolute atomic E-state index is 5.87. The fourth-order valence-electron chi connectivity index (χ4n) is 4.51. The van der Waals surface area contributed by atoms with Gasteiger partial charge in [0.15, 0.2) is 0 Å². The molecule has 4 aromatic rings. The van der Waals surface area contributed by atoms with E-state index in [1.807, 2.05) is 47.4 Å². The highest BCUT2D eigenvalue weighted by Crippen LogP contribution is 2.24. The van der Waals surface area contributed by atoms with E-state index in [-0.39, 0.29) is 0 Å². The number of benzene rings is 2. The van der Waals surface area contributed by atoms with E-state index in [1.54, 1.807) is 22.7 Å². The summed E-state index contributed by atoms with van der Waals surface area (Å²) in [6.45, 7) is 16.1. The van der Waals surface area contributed by atoms with Crippen LogP contribution in [-0.4, -0.2) is 52.6 Å². The van der Waals surface area contributed by atoms with Crippen molar-refractivity contribution in [2.24, 2.45) is 20.5 Å². The minimum atomic E-state index is 0.575. The number of aryl methyl sites for hydroxylation is 2. The molecule has 0 aliphatic heterocycles. The van der Waals surface area contributed by atoms with Crippen molar-refractivity contribution < 1.29 is 18.6 Å². The van der Waals surface area contributed by atoms with Crippen molar-refractivity contribution in [1.29, 1.82) is 0 Å². The third kappa shape index (κ3) is 9.98. The summed E-state index contributed by atoms with van der Waals surface area (Å²) in [7, 11) is 0. The molecule has 0 N–H and O–H groups in total. The normalized spacial score (nSPS) is 11.6. The van der Waals surface area contributed by atoms with Crippen LogP contribution in [0.15, 0.2) is 92.1 Å². The van der Waals surface area contributed by atoms with Gasteiger partial charge in [-0.15, -0.1) is 0 Å². The van der Waals surface area contributed by atoms with Gasteiger partial charge in [-0.3, -0.25) is 0 Å². The quantitative estimate of drug-likeness (QED) is 0.0602. The van der Waals surface area contributed by atoms with Gasteiger partial charge in [-0.05, 0) is 109 Å². The SMILES string of the molecule is CCN(CCOCCOCCN(CC)c1ccc(N=Nc2scc[n+]2CC)cc1)c1ccc(N=Nc2scc[n+]2CC)cc1. The van der Waals surface area contributed by atoms with Gasteiger partial charge in [0.1, 0.15) is 23.8 Å². The molecule has 0 aliphatic carbocycles. The van der Waals surface area contributed by atoms with E-state index in [4.69, 9.17) is 9.47 Å². The molecule has 0 saturated heterocycles. The highest BCUT2D eigenvalue weighted by molar-refractivity contribution is 7.13. The number of anilines is 2. The Morgan fingerprint density at radius 2 is 0.977 bits per heavy atom. The lowest BCUT2D eigenvalue weighted by molar-refractivity contribution is -0.677. The van der Waals surface area contributed by atoms with E-state index in [0.29, 0.717) is 26.4 Å². The summed E-state index contributed by atoms with van der Waals surface area (Å²) in [5.41, 5.74) is 3.98. The number of rotatable bonds is 19. The standard InChI is InChI=1S/C32H44N8O2S2/c1-5-37(29-13-9-27(10-14-29)33-35-31-39(7-3)19-25-43-31)17-21-41-23-24-42-22-18-38(6-2)30-15-11-28(12-16-30)34-36-32-40(8-4)20-26-44-32/h9-16,19-20,25-26H,5-8,17-18,21-24H2,1-4H3/q+2. The Morgan fingerprint density at radius 3 is 1.34 bits per heavy atom. The van der Waals surface area contributed by atoms with E-state index in [1.165, 1.54) is 0 Å². The average Bonchev–Trinajstić information content (AvgIpc) is 3.73. The predicted molar refractivity (Wildman–Crippen MR) is 179 cm³/mol. The molecule has 0 fully saturated rings. The van der Waals surface area contributed by atoms with Gasteiger partial charge in [-0.25, -0.2) is 9.13 Å². The first-order valence-corrected chi connectivity index (χ1v) is 17.0. The lowest BCUT2D eigenvalue weighted by Gasteiger charge is -2.23. The Bertz CT molecular complexity index is 1330. The van der Waals surface area contributed by atoms with E-state index < -0.39 is 0 Å². The molecule has 0 spiro atoms. The lowest BCUT2D eigenvalue weighted by Crippen LogP contribution is -2.28. The third-order valence-electron chi connectivity index (χ3n) is 7.08. The van der Waals surface area contributed by atoms with Crippen molar-refractivity contribution in [3.05, 3.63) is 71.7 Å². The molecule has 2 heterocycles. The Balaban J connectivity index is 1.11. The summed E-state index contributed by atoms with van der Waals surface area (Å²) < 4.78 is 15.9. The molecule has 10 nitrogen and oxygen atoms in total. The molecule has 2 aromatic heterocycles. The van der Waals surface area contributed by atoms with E-state index in [2.05, 4.69) is 91.4 Å². The number of azo groups is 2. The molecule has 44 heavy (non-hydrogen) atoms. The number of thiazole rings is 2. The maximum atomic E-state index is 5.87. The van der Waals surface area contributed by atoms with Gasteiger partial charge in [0.25, 0.3) is 0 Å². The molecule has 12 heteroatoms. The van der Waals surface area contributed by atoms with Crippen LogP contribution in [0.2, 0.25) is 0 Å². The summed E-state index contributed by atoms with van der Waals surface area (Å²) in [5, 5.41) is 23.4. The molecule has 0 radical (unpaired) electrons. The van der Waals surface area contributed by atoms with Gasteiger partial charge in [0.2, 0.25) is 0 Å². The number of hydrogen-bond acceptors (Lipinski definition) is 10. The second kappa shape index (κ2) is 18.3. The first-order valence-electron chi connectivity index (χ1n) is 15.3. The smallest absolute Gasteiger partial charge is 0.377 e. The van der Waals surface area contributed by atoms with Gasteiger partial charge in [-0.1, -0.05) is 0 Å². The Kier molecular flexibility index (Phi) is 13.8. The number of likely N-dealkylation sites (N-methyl/N-ethyl adjacent to an activating group) is 2. The van der Waals surface area contributed by atoms with Crippen LogP contribution < -0.4 is 18.9 Å². The van der Waals surface area contributed by atoms with E-state index in [0.717, 1.165) is 72.3 Å². The van der Waals surface area contributed by atoms with Crippen LogP contribution in [0.3, 0.4) is 0 Å². The second-order valence-electron chi connectivity index (χ2n) is 9.76. The summed E-state index contributed by atoms with van der Waals surface area (Å²) in [5.74, 6) is 0. The van der Waals surface area contributed by atoms with Crippen LogP contribution in [0, 0.1) is 0 Å². The molecular formula is C32H44N8O2S2+2. The van der Waals surface area contributed by atoms with Crippen molar-refractivity contribution in [2.75, 3.05) is 62.4 Å². The second-order valence-corrected chi connectivity index (χ2v) is 11.5. The number of nitrogens with zero attached hydrogens (tertiary/aromatic N) is 8. The Hall–Kier alpha value is -3.58. The monoisotopic (exact) mass is 636 g/mol. The summed E-state index contributed by atoms with van der Waals surface area (Å²) in [6.07, 6.45) is 4.06. The van der Waals surface area contributed by atoms with Gasteiger partial charge in [0, 0.05) is 48.3 Å². The van der Waals surface area contributed by atoms with Gasteiger partial charge in [-0.2, -0.15) is 0 Å². The molecular weight excluding hydrogens is 593 g/mol. The van der Waals surface area contributed by atoms with E-state index >= 15 is 0 Å². The van der Waals surface area contributed by atoms with Gasteiger partial charge >= 0.3 is 10.3 Å². The zero-order chi connectivity index (χ0) is 31.0. The minimum absolute atomic E-state index is 0.575. The molecule has 0 atom stereocenters. The fourth-order valence-corrected chi connectivity index (χ4v) is 5.99. The Morgan fingerprint density at radius 1 is 0.568 bits per heavy atom. The lowest BCUT2D eigenvalue weighted by atomic mass is 10.2. The summed E-state index contributed by atoms with van der Waals surface area (Å²) >= 11 is 3.18. The van der Waals surface area contributed by atoms with Crippen molar-refractivity contribution in [2.45, 2.75) is 40.8 Å². The number of aromatic nitrogens is 2. The Labute approximate surface area is 268 Å². The van der Waals surface area contributed by atoms with Crippen LogP contribution in [-0.2, 0) is 22.6 Å². The first kappa shape index (κ1) is 33.3. The molecule has 4 rings (SSSR count). The molecule has 2 aromatic carbocycles. The van der Waals surface area contributed by atoms with Crippen molar-refractivity contribution in [3.63, 3.8) is 0 Å². The van der Waals surface area contributed by atoms with Crippen LogP contribution in [0.1, 0.15) is 27.7 Å². The average molecular weight is 637 g/mol. The molecule has 0 aliphatic rings. The van der Waals surface area contributed by atoms with Crippen molar-refractivity contribution in [3.8, 4) is 0 Å². The minimum Gasteiger partial charge on any atom is -0.377 e. The zero-order valence-electron chi connectivity index (χ0n) is 26.2. The van der Waals surface area contributed by atoms with Crippen LogP contribution in [0.5, 0.6) is 0 Å². The van der Waals surface area contributed by atoms with Crippen LogP contribution >= 0.6 is 22.7 Å². The number of hydrogen-bond donors (Lipinski definition) is 0. The maximum Gasteiger partial charge on any atom is 0.408 e. The fraction of sp³-hybridized carbons (Fsp3) is 0.438. The molecule has 0 unspecified atom stereocenters. The molecule has 234 valence electrons. The largest absolute Gasteiger partial charge is 0.408 e. The summed E-state index contributed by atoms with van der Waals surface area (Å²) in [6, 6.07) is 16.4. The molecule has 0 amide bonds. The van der Waals surface area contributed by atoms with Crippen LogP contribution in [0.25, 0.3) is 0 Å². The number of ether oxygens (including phenoxy) is 2. The van der Waals surface area contributed by atoms with Gasteiger partial charge < -0.3 is 19.3 Å².